The summed E-state index contributed by atoms with van der Waals surface area (Å²) in [6, 6.07) is 9.09. The summed E-state index contributed by atoms with van der Waals surface area (Å²) in [6.45, 7) is 0.141. The summed E-state index contributed by atoms with van der Waals surface area (Å²) < 4.78 is 12.4. The Morgan fingerprint density at radius 1 is 1.37 bits per heavy atom. The van der Waals surface area contributed by atoms with Crippen molar-refractivity contribution in [1.29, 1.82) is 0 Å². The summed E-state index contributed by atoms with van der Waals surface area (Å²) in [4.78, 5) is 22.6. The Kier molecular flexibility index (Phi) is 5.41. The Morgan fingerprint density at radius 3 is 2.85 bits per heavy atom. The van der Waals surface area contributed by atoms with Gasteiger partial charge in [-0.1, -0.05) is 23.7 Å². The summed E-state index contributed by atoms with van der Waals surface area (Å²) in [5.74, 6) is 0.145. The highest BCUT2D eigenvalue weighted by Crippen LogP contribution is 2.26. The molecule has 1 aromatic carbocycles. The van der Waals surface area contributed by atoms with Crippen LogP contribution in [0, 0.1) is 10.1 Å². The molecule has 0 radical (unpaired) electrons. The lowest BCUT2D eigenvalue weighted by Crippen LogP contribution is -2.23. The molecule has 3 aromatic rings. The number of hydrogen-bond acceptors (Lipinski definition) is 6. The number of ether oxygens (including phenoxy) is 1. The van der Waals surface area contributed by atoms with Gasteiger partial charge in [0, 0.05) is 13.1 Å². The standard InChI is InChI=1S/C17H15ClN4O5/c1-21-14(12(18)8-20-21)9-19-17(23)16-7-6-11(27-16)10-26-15-5-3-2-4-13(15)22(24)25/h2-8H,9-10H2,1H3,(H,19,23). The number of aryl methyl sites for hydroxylation is 1. The number of furan rings is 1. The van der Waals surface area contributed by atoms with Crippen LogP contribution in [0.3, 0.4) is 0 Å². The number of para-hydroxylation sites is 2. The fourth-order valence-electron chi connectivity index (χ4n) is 2.34. The number of amides is 1. The lowest BCUT2D eigenvalue weighted by atomic mass is 10.3. The van der Waals surface area contributed by atoms with Crippen LogP contribution < -0.4 is 10.1 Å². The number of aromatic nitrogens is 2. The summed E-state index contributed by atoms with van der Waals surface area (Å²) >= 11 is 5.99. The smallest absolute Gasteiger partial charge is 0.310 e. The first-order chi connectivity index (χ1) is 13.0. The number of carbonyl (C=O) groups excluding carboxylic acids is 1. The first kappa shape index (κ1) is 18.5. The van der Waals surface area contributed by atoms with E-state index in [1.54, 1.807) is 29.9 Å². The zero-order valence-electron chi connectivity index (χ0n) is 14.2. The predicted octanol–water partition coefficient (Wildman–Crippen LogP) is 3.08. The van der Waals surface area contributed by atoms with E-state index in [0.717, 1.165) is 0 Å². The van der Waals surface area contributed by atoms with Gasteiger partial charge in [0.15, 0.2) is 11.5 Å². The second kappa shape index (κ2) is 7.92. The van der Waals surface area contributed by atoms with Crippen molar-refractivity contribution in [3.05, 3.63) is 74.9 Å². The highest BCUT2D eigenvalue weighted by Gasteiger charge is 2.16. The Morgan fingerprint density at radius 2 is 2.15 bits per heavy atom. The average Bonchev–Trinajstić information content (AvgIpc) is 3.25. The number of nitro benzene ring substituents is 1. The Bertz CT molecular complexity index is 962. The van der Waals surface area contributed by atoms with Crippen LogP contribution in [0.15, 0.2) is 47.0 Å². The van der Waals surface area contributed by atoms with Crippen LogP contribution >= 0.6 is 11.6 Å². The van der Waals surface area contributed by atoms with E-state index in [2.05, 4.69) is 10.4 Å². The molecule has 9 nitrogen and oxygen atoms in total. The number of benzene rings is 1. The molecule has 0 saturated heterocycles. The zero-order valence-corrected chi connectivity index (χ0v) is 15.0. The molecule has 2 aromatic heterocycles. The van der Waals surface area contributed by atoms with Gasteiger partial charge in [-0.25, -0.2) is 0 Å². The minimum absolute atomic E-state index is 0.0499. The van der Waals surface area contributed by atoms with Crippen molar-refractivity contribution in [3.8, 4) is 5.75 Å². The van der Waals surface area contributed by atoms with Crippen LogP contribution in [0.25, 0.3) is 0 Å². The molecule has 27 heavy (non-hydrogen) atoms. The number of nitrogens with one attached hydrogen (secondary N) is 1. The zero-order chi connectivity index (χ0) is 19.4. The quantitative estimate of drug-likeness (QED) is 0.490. The van der Waals surface area contributed by atoms with Crippen molar-refractivity contribution in [2.75, 3.05) is 0 Å². The monoisotopic (exact) mass is 390 g/mol. The lowest BCUT2D eigenvalue weighted by molar-refractivity contribution is -0.386. The summed E-state index contributed by atoms with van der Waals surface area (Å²) in [7, 11) is 1.72. The second-order valence-corrected chi connectivity index (χ2v) is 5.93. The van der Waals surface area contributed by atoms with Gasteiger partial charge in [0.05, 0.1) is 28.4 Å². The van der Waals surface area contributed by atoms with Crippen molar-refractivity contribution in [2.24, 2.45) is 7.05 Å². The molecule has 1 N–H and O–H groups in total. The molecule has 0 atom stereocenters. The van der Waals surface area contributed by atoms with Gasteiger partial charge in [0.2, 0.25) is 0 Å². The summed E-state index contributed by atoms with van der Waals surface area (Å²) in [6.07, 6.45) is 1.49. The first-order valence-electron chi connectivity index (χ1n) is 7.85. The maximum absolute atomic E-state index is 12.2. The number of nitro groups is 1. The molecule has 1 amide bonds. The molecule has 0 unspecified atom stereocenters. The number of carbonyl (C=O) groups is 1. The SMILES string of the molecule is Cn1ncc(Cl)c1CNC(=O)c1ccc(COc2ccccc2[N+](=O)[O-])o1. The molecule has 0 aliphatic carbocycles. The third-order valence-corrected chi connectivity index (χ3v) is 4.06. The number of hydrogen-bond donors (Lipinski definition) is 1. The van der Waals surface area contributed by atoms with E-state index in [9.17, 15) is 14.9 Å². The molecular formula is C17H15ClN4O5. The van der Waals surface area contributed by atoms with Crippen LogP contribution in [0.2, 0.25) is 5.02 Å². The van der Waals surface area contributed by atoms with Gasteiger partial charge in [0.25, 0.3) is 5.91 Å². The van der Waals surface area contributed by atoms with Gasteiger partial charge in [-0.05, 0) is 18.2 Å². The van der Waals surface area contributed by atoms with Crippen molar-refractivity contribution in [3.63, 3.8) is 0 Å². The number of nitrogens with zero attached hydrogens (tertiary/aromatic N) is 3. The largest absolute Gasteiger partial charge is 0.479 e. The fraction of sp³-hybridized carbons (Fsp3) is 0.176. The Balaban J connectivity index is 1.60. The fourth-order valence-corrected chi connectivity index (χ4v) is 2.58. The van der Waals surface area contributed by atoms with E-state index < -0.39 is 10.8 Å². The molecule has 0 bridgehead atoms. The molecule has 10 heteroatoms. The lowest BCUT2D eigenvalue weighted by Gasteiger charge is -2.05. The molecule has 0 aliphatic heterocycles. The van der Waals surface area contributed by atoms with E-state index >= 15 is 0 Å². The van der Waals surface area contributed by atoms with Crippen LogP contribution in [0.1, 0.15) is 22.0 Å². The third kappa shape index (κ3) is 4.26. The Labute approximate surface area is 158 Å². The molecule has 0 fully saturated rings. The van der Waals surface area contributed by atoms with Gasteiger partial charge in [-0.15, -0.1) is 0 Å². The van der Waals surface area contributed by atoms with Crippen molar-refractivity contribution < 1.29 is 18.9 Å². The van der Waals surface area contributed by atoms with Crippen molar-refractivity contribution >= 4 is 23.2 Å². The van der Waals surface area contributed by atoms with E-state index in [1.165, 1.54) is 24.4 Å². The molecule has 3 rings (SSSR count). The molecule has 0 saturated carbocycles. The predicted molar refractivity (Wildman–Crippen MR) is 95.5 cm³/mol. The summed E-state index contributed by atoms with van der Waals surface area (Å²) in [5, 5.41) is 18.1. The summed E-state index contributed by atoms with van der Waals surface area (Å²) in [5.41, 5.74) is 0.520. The minimum atomic E-state index is -0.528. The molecule has 0 aliphatic rings. The number of halogens is 1. The average molecular weight is 391 g/mol. The molecule has 2 heterocycles. The maximum Gasteiger partial charge on any atom is 0.310 e. The molecule has 0 spiro atoms. The van der Waals surface area contributed by atoms with Crippen LogP contribution in [0.4, 0.5) is 5.69 Å². The van der Waals surface area contributed by atoms with E-state index in [0.29, 0.717) is 16.5 Å². The second-order valence-electron chi connectivity index (χ2n) is 5.52. The van der Waals surface area contributed by atoms with Gasteiger partial charge in [0.1, 0.15) is 12.4 Å². The molecular weight excluding hydrogens is 376 g/mol. The number of rotatable bonds is 7. The highest BCUT2D eigenvalue weighted by atomic mass is 35.5. The normalized spacial score (nSPS) is 10.6. The van der Waals surface area contributed by atoms with Gasteiger partial charge < -0.3 is 14.5 Å². The van der Waals surface area contributed by atoms with Crippen LogP contribution in [-0.4, -0.2) is 20.6 Å². The van der Waals surface area contributed by atoms with Gasteiger partial charge in [-0.2, -0.15) is 5.10 Å². The molecule has 140 valence electrons. The van der Waals surface area contributed by atoms with Gasteiger partial charge in [-0.3, -0.25) is 19.6 Å². The van der Waals surface area contributed by atoms with Crippen LogP contribution in [-0.2, 0) is 20.2 Å². The Hall–Kier alpha value is -3.33. The minimum Gasteiger partial charge on any atom is -0.479 e. The first-order valence-corrected chi connectivity index (χ1v) is 8.23. The van der Waals surface area contributed by atoms with E-state index in [4.69, 9.17) is 20.8 Å². The van der Waals surface area contributed by atoms with Crippen molar-refractivity contribution in [2.45, 2.75) is 13.2 Å². The topological polar surface area (TPSA) is 112 Å². The van der Waals surface area contributed by atoms with Crippen LogP contribution in [0.5, 0.6) is 5.75 Å². The van der Waals surface area contributed by atoms with E-state index in [1.807, 2.05) is 0 Å². The highest BCUT2D eigenvalue weighted by molar-refractivity contribution is 6.31. The van der Waals surface area contributed by atoms with Crippen molar-refractivity contribution in [1.82, 2.24) is 15.1 Å². The van der Waals surface area contributed by atoms with Gasteiger partial charge >= 0.3 is 5.69 Å². The van der Waals surface area contributed by atoms with E-state index in [-0.39, 0.29) is 30.3 Å². The maximum atomic E-state index is 12.2. The third-order valence-electron chi connectivity index (χ3n) is 3.74.